The summed E-state index contributed by atoms with van der Waals surface area (Å²) in [5, 5.41) is 19.3. The van der Waals surface area contributed by atoms with Crippen LogP contribution in [0.15, 0.2) is 72.8 Å². The highest BCUT2D eigenvalue weighted by atomic mass is 35.5. The van der Waals surface area contributed by atoms with Gasteiger partial charge in [0.15, 0.2) is 0 Å². The van der Waals surface area contributed by atoms with Gasteiger partial charge in [-0.1, -0.05) is 53.6 Å². The Bertz CT molecular complexity index is 1350. The summed E-state index contributed by atoms with van der Waals surface area (Å²) in [5.74, 6) is -0.260. The maximum absolute atomic E-state index is 13.5. The minimum Gasteiger partial charge on any atom is -0.295 e. The lowest BCUT2D eigenvalue weighted by Gasteiger charge is -2.26. The molecule has 0 bridgehead atoms. The van der Waals surface area contributed by atoms with Crippen molar-refractivity contribution in [1.82, 2.24) is 10.2 Å². The molecule has 0 fully saturated rings. The van der Waals surface area contributed by atoms with Gasteiger partial charge in [0.1, 0.15) is 5.69 Å². The number of hydrogen-bond donors (Lipinski definition) is 1. The van der Waals surface area contributed by atoms with Crippen LogP contribution in [0.5, 0.6) is 0 Å². The van der Waals surface area contributed by atoms with Crippen molar-refractivity contribution in [1.29, 1.82) is 0 Å². The van der Waals surface area contributed by atoms with Gasteiger partial charge in [-0.05, 0) is 36.8 Å². The van der Waals surface area contributed by atoms with Crippen LogP contribution in [0.4, 0.5) is 11.4 Å². The zero-order valence-corrected chi connectivity index (χ0v) is 17.7. The summed E-state index contributed by atoms with van der Waals surface area (Å²) >= 11 is 6.06. The van der Waals surface area contributed by atoms with E-state index in [4.69, 9.17) is 11.6 Å². The van der Waals surface area contributed by atoms with Crippen molar-refractivity contribution in [3.8, 4) is 11.3 Å². The van der Waals surface area contributed by atoms with Crippen LogP contribution in [-0.2, 0) is 0 Å². The first-order valence-corrected chi connectivity index (χ1v) is 10.3. The van der Waals surface area contributed by atoms with Gasteiger partial charge in [0.05, 0.1) is 16.7 Å². The van der Waals surface area contributed by atoms with Crippen LogP contribution in [0.25, 0.3) is 11.3 Å². The number of aryl methyl sites for hydroxylation is 1. The molecule has 1 amide bonds. The summed E-state index contributed by atoms with van der Waals surface area (Å²) in [6.45, 7) is 2.00. The normalized spacial score (nSPS) is 15.1. The molecular formula is C24H17ClN4O3. The van der Waals surface area contributed by atoms with Crippen molar-refractivity contribution in [3.63, 3.8) is 0 Å². The fraction of sp³-hybridized carbons (Fsp3) is 0.0833. The number of nitro groups is 1. The van der Waals surface area contributed by atoms with Crippen molar-refractivity contribution in [2.75, 3.05) is 4.90 Å². The first kappa shape index (κ1) is 20.0. The zero-order valence-electron chi connectivity index (χ0n) is 16.9. The molecule has 5 rings (SSSR count). The third-order valence-corrected chi connectivity index (χ3v) is 5.85. The Hall–Kier alpha value is -3.97. The standard InChI is InChI=1S/C24H17ClN4O3/c1-14-5-7-15(8-6-14)21-20-22(27-26-21)24(30)28(18-11-9-17(25)10-12-18)23(20)16-3-2-4-19(13-16)29(31)32/h2-13,23H,1H3,(H,26,27)/t23-/m1/s1. The molecular weight excluding hydrogens is 428 g/mol. The second-order valence-electron chi connectivity index (χ2n) is 7.63. The first-order valence-electron chi connectivity index (χ1n) is 9.93. The molecule has 1 aromatic heterocycles. The minimum absolute atomic E-state index is 0.0418. The molecule has 2 heterocycles. The van der Waals surface area contributed by atoms with Crippen molar-refractivity contribution in [2.45, 2.75) is 13.0 Å². The van der Waals surface area contributed by atoms with Crippen LogP contribution in [0.1, 0.15) is 33.2 Å². The molecule has 7 nitrogen and oxygen atoms in total. The Labute approximate surface area is 188 Å². The summed E-state index contributed by atoms with van der Waals surface area (Å²) in [7, 11) is 0. The minimum atomic E-state index is -0.589. The third kappa shape index (κ3) is 3.23. The number of nitrogens with zero attached hydrogens (tertiary/aromatic N) is 3. The number of aromatic amines is 1. The average Bonchev–Trinajstić information content (AvgIpc) is 3.34. The van der Waals surface area contributed by atoms with Crippen molar-refractivity contribution in [3.05, 3.63) is 110 Å². The maximum Gasteiger partial charge on any atom is 0.277 e. The molecule has 1 N–H and O–H groups in total. The highest BCUT2D eigenvalue weighted by Crippen LogP contribution is 2.45. The van der Waals surface area contributed by atoms with E-state index in [9.17, 15) is 14.9 Å². The monoisotopic (exact) mass is 444 g/mol. The molecule has 158 valence electrons. The third-order valence-electron chi connectivity index (χ3n) is 5.59. The highest BCUT2D eigenvalue weighted by molar-refractivity contribution is 6.30. The Kier molecular flexibility index (Phi) is 4.75. The Morgan fingerprint density at radius 3 is 2.47 bits per heavy atom. The van der Waals surface area contributed by atoms with E-state index in [0.717, 1.165) is 11.1 Å². The van der Waals surface area contributed by atoms with Gasteiger partial charge in [-0.3, -0.25) is 24.9 Å². The van der Waals surface area contributed by atoms with E-state index in [1.807, 2.05) is 31.2 Å². The van der Waals surface area contributed by atoms with Gasteiger partial charge in [-0.25, -0.2) is 0 Å². The summed E-state index contributed by atoms with van der Waals surface area (Å²) in [6, 6.07) is 20.6. The van der Waals surface area contributed by atoms with E-state index < -0.39 is 11.0 Å². The van der Waals surface area contributed by atoms with Crippen LogP contribution in [0.2, 0.25) is 5.02 Å². The Morgan fingerprint density at radius 1 is 1.06 bits per heavy atom. The molecule has 32 heavy (non-hydrogen) atoms. The predicted octanol–water partition coefficient (Wildman–Crippen LogP) is 5.70. The van der Waals surface area contributed by atoms with E-state index in [2.05, 4.69) is 10.2 Å². The number of carbonyl (C=O) groups is 1. The fourth-order valence-electron chi connectivity index (χ4n) is 4.07. The Balaban J connectivity index is 1.73. The molecule has 0 saturated carbocycles. The number of nitro benzene ring substituents is 1. The van der Waals surface area contributed by atoms with Gasteiger partial charge in [-0.15, -0.1) is 0 Å². The van der Waals surface area contributed by atoms with Gasteiger partial charge in [0, 0.05) is 34.0 Å². The molecule has 0 aliphatic carbocycles. The lowest BCUT2D eigenvalue weighted by molar-refractivity contribution is -0.384. The SMILES string of the molecule is Cc1ccc(-c2n[nH]c3c2[C@@H](c2cccc([N+](=O)[O-])c2)N(c2ccc(Cl)cc2)C3=O)cc1. The van der Waals surface area contributed by atoms with Crippen LogP contribution >= 0.6 is 11.6 Å². The predicted molar refractivity (Wildman–Crippen MR) is 122 cm³/mol. The van der Waals surface area contributed by atoms with Crippen LogP contribution < -0.4 is 4.90 Å². The quantitative estimate of drug-likeness (QED) is 0.323. The van der Waals surface area contributed by atoms with Crippen molar-refractivity contribution in [2.24, 2.45) is 0 Å². The topological polar surface area (TPSA) is 92.1 Å². The lowest BCUT2D eigenvalue weighted by Crippen LogP contribution is -2.29. The first-order chi connectivity index (χ1) is 15.4. The van der Waals surface area contributed by atoms with Gasteiger partial charge >= 0.3 is 0 Å². The maximum atomic E-state index is 13.5. The van der Waals surface area contributed by atoms with E-state index >= 15 is 0 Å². The molecule has 8 heteroatoms. The van der Waals surface area contributed by atoms with E-state index in [1.54, 1.807) is 41.3 Å². The number of halogens is 1. The molecule has 3 aromatic carbocycles. The molecule has 0 unspecified atom stereocenters. The number of amides is 1. The number of H-pyrrole nitrogens is 1. The zero-order chi connectivity index (χ0) is 22.4. The summed E-state index contributed by atoms with van der Waals surface area (Å²) < 4.78 is 0. The Morgan fingerprint density at radius 2 is 1.78 bits per heavy atom. The molecule has 4 aromatic rings. The second-order valence-corrected chi connectivity index (χ2v) is 8.07. The fourth-order valence-corrected chi connectivity index (χ4v) is 4.20. The van der Waals surface area contributed by atoms with Gasteiger partial charge < -0.3 is 0 Å². The second kappa shape index (κ2) is 7.62. The molecule has 1 atom stereocenters. The lowest BCUT2D eigenvalue weighted by atomic mass is 9.95. The number of fused-ring (bicyclic) bond motifs is 1. The number of hydrogen-bond acceptors (Lipinski definition) is 4. The number of benzene rings is 3. The van der Waals surface area contributed by atoms with Crippen molar-refractivity contribution >= 4 is 28.9 Å². The van der Waals surface area contributed by atoms with Gasteiger partial charge in [0.25, 0.3) is 11.6 Å². The summed E-state index contributed by atoms with van der Waals surface area (Å²) in [6.07, 6.45) is 0. The van der Waals surface area contributed by atoms with E-state index in [1.165, 1.54) is 12.1 Å². The molecule has 0 radical (unpaired) electrons. The smallest absolute Gasteiger partial charge is 0.277 e. The number of anilines is 1. The largest absolute Gasteiger partial charge is 0.295 e. The highest BCUT2D eigenvalue weighted by Gasteiger charge is 2.43. The molecule has 1 aliphatic rings. The number of nitrogens with one attached hydrogen (secondary N) is 1. The number of rotatable bonds is 4. The number of carbonyl (C=O) groups excluding carboxylic acids is 1. The summed E-state index contributed by atoms with van der Waals surface area (Å²) in [5.41, 5.74) is 4.87. The number of non-ortho nitro benzene ring substituents is 1. The van der Waals surface area contributed by atoms with E-state index in [-0.39, 0.29) is 11.6 Å². The van der Waals surface area contributed by atoms with Gasteiger partial charge in [-0.2, -0.15) is 5.10 Å². The number of aromatic nitrogens is 2. The van der Waals surface area contributed by atoms with Crippen LogP contribution in [0.3, 0.4) is 0 Å². The molecule has 0 saturated heterocycles. The van der Waals surface area contributed by atoms with Crippen LogP contribution in [0, 0.1) is 17.0 Å². The van der Waals surface area contributed by atoms with Crippen LogP contribution in [-0.4, -0.2) is 21.0 Å². The van der Waals surface area contributed by atoms with Gasteiger partial charge in [0.2, 0.25) is 0 Å². The van der Waals surface area contributed by atoms with E-state index in [0.29, 0.717) is 33.2 Å². The molecule has 0 spiro atoms. The molecule has 1 aliphatic heterocycles. The van der Waals surface area contributed by atoms with Crippen molar-refractivity contribution < 1.29 is 9.72 Å². The average molecular weight is 445 g/mol. The summed E-state index contributed by atoms with van der Waals surface area (Å²) in [4.78, 5) is 26.1.